The van der Waals surface area contributed by atoms with Crippen LogP contribution in [0.15, 0.2) is 24.3 Å². The van der Waals surface area contributed by atoms with Gasteiger partial charge < -0.3 is 19.3 Å². The van der Waals surface area contributed by atoms with Crippen LogP contribution >= 0.6 is 45.3 Å². The third-order valence-corrected chi connectivity index (χ3v) is 32.7. The highest BCUT2D eigenvalue weighted by Crippen LogP contribution is 2.43. The second kappa shape index (κ2) is 40.1. The molecule has 24 nitrogen and oxygen atoms in total. The number of imide groups is 2. The second-order valence-corrected chi connectivity index (χ2v) is 41.7. The Morgan fingerprint density at radius 3 is 1.13 bits per heavy atom. The standard InChI is InChI=1S/C25H36N4O3S.C24H35N3O2S.C23H31N3O3S.C21H27N3O3S/c1-17-22-16-24(33-25(22)29(26-17)21-7-13-32-14-8-21)23(31)15-19-3-5-20(6-4-19)28-11-9-27(10-12-28)18(2)30;1-17-21-16-23(30-24(21)27(25-17)20-9-13-29-14-10-20)22(28)15-18-5-7-19(8-6-18)26-11-3-2-4-12-26;1-15-17-13-19(30-22(17)26(24-15)16-7-5-4-6-8-16)18(27)11-12-23(2,3)14-25-20(28)9-10-21(25)29;1-13(12-23-19(26)8-9-20(23)27)10-17(25)18-11-16-14(2)22-24(21(16)28-18)15-6-4-3-5-7-15/h16,19-21H,3-15H2,1-2H3;16,18-20H,2-15H2,1H3;13,16H,4-12,14H2,1-3H3;11,13,15H,3-10,12H2,1-2H3/t;;;13-/m...0/s1. The van der Waals surface area contributed by atoms with Gasteiger partial charge in [-0.05, 0) is 210 Å². The van der Waals surface area contributed by atoms with Gasteiger partial charge in [0.15, 0.2) is 23.1 Å². The van der Waals surface area contributed by atoms with Crippen molar-refractivity contribution in [1.82, 2.24) is 63.6 Å². The number of carbonyl (C=O) groups excluding carboxylic acids is 9. The van der Waals surface area contributed by atoms with Crippen LogP contribution in [0.5, 0.6) is 0 Å². The molecule has 6 aliphatic heterocycles. The SMILES string of the molecule is CC(=O)N1CCN(C2CCC(CC(=O)c3cc4c(C)nn(C5CCOCC5)c4s3)CC2)CC1.Cc1nn(C2CCCCC2)c2sc(C(=O)CCC(C)(C)CN3C(=O)CCC3=O)cc12.Cc1nn(C2CCCCC2)c2sc(C(=O)C[C@H](C)CN3C(=O)CCC3=O)cc12.Cc1nn(C2CCOCC2)c2sc(C(=O)CC3CCC(N4CCCCC4)CC3)cc12. The van der Waals surface area contributed by atoms with Crippen molar-refractivity contribution in [3.63, 3.8) is 0 Å². The Labute approximate surface area is 728 Å². The Balaban J connectivity index is 0.000000126. The lowest BCUT2D eigenvalue weighted by atomic mass is 9.82. The van der Waals surface area contributed by atoms with Crippen molar-refractivity contribution < 1.29 is 52.6 Å². The quantitative estimate of drug-likeness (QED) is 0.0426. The zero-order valence-corrected chi connectivity index (χ0v) is 76.2. The van der Waals surface area contributed by atoms with Crippen LogP contribution in [0.4, 0.5) is 0 Å². The highest BCUT2D eigenvalue weighted by molar-refractivity contribution is 7.21. The number of piperidine rings is 1. The average molecular weight is 1730 g/mol. The lowest BCUT2D eigenvalue weighted by Crippen LogP contribution is -2.52. The summed E-state index contributed by atoms with van der Waals surface area (Å²) in [7, 11) is 0. The number of Topliss-reactive ketones (excluding diaryl/α,β-unsaturated/α-hetero) is 4. The molecule has 121 heavy (non-hydrogen) atoms. The van der Waals surface area contributed by atoms with E-state index < -0.39 is 0 Å². The molecule has 8 aromatic rings. The van der Waals surface area contributed by atoms with Crippen molar-refractivity contribution in [1.29, 1.82) is 0 Å². The summed E-state index contributed by atoms with van der Waals surface area (Å²) < 4.78 is 19.7. The fourth-order valence-corrected chi connectivity index (χ4v) is 25.4. The molecule has 18 rings (SSSR count). The molecular weight excluding hydrogens is 1600 g/mol. The van der Waals surface area contributed by atoms with Crippen LogP contribution in [0.3, 0.4) is 0 Å². The molecule has 10 fully saturated rings. The van der Waals surface area contributed by atoms with E-state index >= 15 is 0 Å². The Bertz CT molecular complexity index is 4960. The number of carbonyl (C=O) groups is 9. The topological polar surface area (TPSA) is 260 Å². The smallest absolute Gasteiger partial charge is 0.229 e. The molecule has 0 aromatic carbocycles. The molecule has 0 bridgehead atoms. The molecule has 6 saturated heterocycles. The Morgan fingerprint density at radius 2 is 0.752 bits per heavy atom. The van der Waals surface area contributed by atoms with E-state index in [1.54, 1.807) is 40.9 Å². The molecule has 0 radical (unpaired) electrons. The summed E-state index contributed by atoms with van der Waals surface area (Å²) in [5, 5.41) is 23.6. The predicted octanol–water partition coefficient (Wildman–Crippen LogP) is 18.7. The lowest BCUT2D eigenvalue weighted by molar-refractivity contribution is -0.141. The Kier molecular flexibility index (Phi) is 29.4. The lowest BCUT2D eigenvalue weighted by Gasteiger charge is -2.41. The highest BCUT2D eigenvalue weighted by atomic mass is 32.1. The summed E-state index contributed by atoms with van der Waals surface area (Å²) in [6.45, 7) is 26.0. The number of aromatic nitrogens is 8. The number of ether oxygens (including phenoxy) is 2. The fraction of sp³-hybridized carbons (Fsp3) is 0.688. The zero-order valence-electron chi connectivity index (χ0n) is 73.0. The third-order valence-electron chi connectivity index (χ3n) is 28.0. The minimum Gasteiger partial charge on any atom is -0.381 e. The van der Waals surface area contributed by atoms with Crippen molar-refractivity contribution in [3.05, 3.63) is 66.5 Å². The van der Waals surface area contributed by atoms with Crippen molar-refractivity contribution in [2.75, 3.05) is 78.8 Å². The average Bonchev–Trinajstić information content (AvgIpc) is 1.63. The molecule has 28 heteroatoms. The summed E-state index contributed by atoms with van der Waals surface area (Å²) in [4.78, 5) is 129. The molecule has 10 aliphatic rings. The van der Waals surface area contributed by atoms with E-state index in [4.69, 9.17) is 29.9 Å². The maximum absolute atomic E-state index is 13.2. The minimum atomic E-state index is -0.281. The van der Waals surface area contributed by atoms with E-state index in [0.717, 1.165) is 189 Å². The van der Waals surface area contributed by atoms with Gasteiger partial charge in [-0.2, -0.15) is 20.4 Å². The number of amides is 5. The predicted molar refractivity (Wildman–Crippen MR) is 478 cm³/mol. The molecule has 656 valence electrons. The first-order valence-corrected chi connectivity index (χ1v) is 49.3. The van der Waals surface area contributed by atoms with E-state index in [9.17, 15) is 43.2 Å². The van der Waals surface area contributed by atoms with Crippen LogP contribution in [0.2, 0.25) is 0 Å². The normalized spacial score (nSPS) is 22.9. The van der Waals surface area contributed by atoms with Crippen molar-refractivity contribution in [3.8, 4) is 0 Å². The van der Waals surface area contributed by atoms with E-state index in [1.807, 2.05) is 51.7 Å². The Morgan fingerprint density at radius 1 is 0.413 bits per heavy atom. The van der Waals surface area contributed by atoms with Crippen molar-refractivity contribution >= 4 is 139 Å². The first kappa shape index (κ1) is 88.8. The number of fused-ring (bicyclic) bond motifs is 4. The van der Waals surface area contributed by atoms with Gasteiger partial charge >= 0.3 is 0 Å². The number of aryl methyl sites for hydroxylation is 4. The second-order valence-electron chi connectivity index (χ2n) is 37.5. The van der Waals surface area contributed by atoms with Gasteiger partial charge in [-0.25, -0.2) is 0 Å². The van der Waals surface area contributed by atoms with Gasteiger partial charge in [0.25, 0.3) is 0 Å². The number of piperazine rings is 1. The summed E-state index contributed by atoms with van der Waals surface area (Å²) in [5.74, 6) is 1.65. The van der Waals surface area contributed by atoms with Crippen molar-refractivity contribution in [2.24, 2.45) is 23.2 Å². The van der Waals surface area contributed by atoms with Gasteiger partial charge in [0, 0.05) is 158 Å². The summed E-state index contributed by atoms with van der Waals surface area (Å²) in [6.07, 6.45) is 34.0. The maximum Gasteiger partial charge on any atom is 0.229 e. The number of ketones is 4. The van der Waals surface area contributed by atoms with Crippen LogP contribution in [0, 0.1) is 50.9 Å². The molecule has 8 aromatic heterocycles. The largest absolute Gasteiger partial charge is 0.381 e. The van der Waals surface area contributed by atoms with Gasteiger partial charge in [-0.15, -0.1) is 45.3 Å². The highest BCUT2D eigenvalue weighted by Gasteiger charge is 2.38. The van der Waals surface area contributed by atoms with Gasteiger partial charge in [-0.1, -0.05) is 65.7 Å². The fourth-order valence-electron chi connectivity index (χ4n) is 20.7. The zero-order chi connectivity index (χ0) is 84.8. The molecule has 4 aliphatic carbocycles. The first-order valence-electron chi connectivity index (χ1n) is 46.0. The number of thiophene rings is 4. The molecule has 5 amide bonds. The van der Waals surface area contributed by atoms with Crippen LogP contribution in [0.1, 0.15) is 332 Å². The van der Waals surface area contributed by atoms with Crippen LogP contribution < -0.4 is 0 Å². The van der Waals surface area contributed by atoms with E-state index in [2.05, 4.69) is 54.5 Å². The number of hydrogen-bond donors (Lipinski definition) is 0. The van der Waals surface area contributed by atoms with Gasteiger partial charge in [0.1, 0.15) is 19.3 Å². The molecular formula is C93H129N13O11S4. The molecule has 0 N–H and O–H groups in total. The molecule has 0 spiro atoms. The van der Waals surface area contributed by atoms with Gasteiger partial charge in [0.05, 0.1) is 66.5 Å². The van der Waals surface area contributed by atoms with Crippen LogP contribution in [-0.2, 0) is 33.4 Å². The van der Waals surface area contributed by atoms with Crippen LogP contribution in [0.25, 0.3) is 40.9 Å². The van der Waals surface area contributed by atoms with E-state index in [-0.39, 0.29) is 52.4 Å². The maximum atomic E-state index is 13.2. The third kappa shape index (κ3) is 21.2. The molecule has 1 atom stereocenters. The minimum absolute atomic E-state index is 0.0420. The van der Waals surface area contributed by atoms with E-state index in [0.29, 0.717) is 118 Å². The first-order chi connectivity index (χ1) is 58.4. The van der Waals surface area contributed by atoms with Gasteiger partial charge in [-0.3, -0.25) is 76.6 Å². The number of hydrogen-bond acceptors (Lipinski definition) is 21. The number of nitrogens with zero attached hydrogens (tertiary/aromatic N) is 13. The summed E-state index contributed by atoms with van der Waals surface area (Å²) in [5.41, 5.74) is 3.78. The summed E-state index contributed by atoms with van der Waals surface area (Å²) in [6, 6.07) is 11.2. The number of likely N-dealkylation sites (tertiary alicyclic amines) is 3. The monoisotopic (exact) mass is 1730 g/mol. The van der Waals surface area contributed by atoms with E-state index in [1.165, 1.54) is 154 Å². The van der Waals surface area contributed by atoms with Crippen molar-refractivity contribution in [2.45, 2.75) is 310 Å². The number of rotatable bonds is 23. The van der Waals surface area contributed by atoms with Crippen LogP contribution in [-0.4, -0.2) is 207 Å². The Hall–Kier alpha value is -7.05. The summed E-state index contributed by atoms with van der Waals surface area (Å²) >= 11 is 6.39. The molecule has 4 saturated carbocycles. The molecule has 14 heterocycles. The molecule has 0 unspecified atom stereocenters. The van der Waals surface area contributed by atoms with Gasteiger partial charge in [0.2, 0.25) is 29.5 Å².